The maximum absolute atomic E-state index is 12.8. The Labute approximate surface area is 173 Å². The van der Waals surface area contributed by atoms with Gasteiger partial charge in [0.25, 0.3) is 0 Å². The number of nitrogens with zero attached hydrogens (tertiary/aromatic N) is 1. The molecule has 1 aromatic rings. The van der Waals surface area contributed by atoms with Crippen molar-refractivity contribution in [3.8, 4) is 0 Å². The van der Waals surface area contributed by atoms with Crippen LogP contribution in [0, 0.1) is 5.92 Å². The average molecular weight is 432 g/mol. The van der Waals surface area contributed by atoms with Crippen LogP contribution in [0.25, 0.3) is 0 Å². The van der Waals surface area contributed by atoms with E-state index < -0.39 is 10.0 Å². The number of rotatable bonds is 5. The van der Waals surface area contributed by atoms with Crippen LogP contribution in [0.1, 0.15) is 32.3 Å². The van der Waals surface area contributed by atoms with Gasteiger partial charge in [-0.1, -0.05) is 19.1 Å². The van der Waals surface area contributed by atoms with Crippen molar-refractivity contribution in [2.45, 2.75) is 50.3 Å². The Hall–Kier alpha value is -1.19. The van der Waals surface area contributed by atoms with Gasteiger partial charge in [0.05, 0.1) is 17.6 Å². The summed E-state index contributed by atoms with van der Waals surface area (Å²) in [6, 6.07) is 6.41. The fourth-order valence-corrected chi connectivity index (χ4v) is 5.22. The number of sulfonamides is 1. The van der Waals surface area contributed by atoms with E-state index in [4.69, 9.17) is 4.74 Å². The van der Waals surface area contributed by atoms with Gasteiger partial charge >= 0.3 is 0 Å². The number of benzene rings is 1. The number of hydrogen-bond donors (Lipinski definition) is 2. The van der Waals surface area contributed by atoms with Gasteiger partial charge < -0.3 is 15.4 Å². The molecule has 0 radical (unpaired) electrons. The number of carbonyl (C=O) groups excluding carboxylic acids is 1. The van der Waals surface area contributed by atoms with Crippen molar-refractivity contribution in [2.75, 3.05) is 26.2 Å². The number of piperidine rings is 1. The highest BCUT2D eigenvalue weighted by atomic mass is 35.5. The first-order valence-corrected chi connectivity index (χ1v) is 11.0. The van der Waals surface area contributed by atoms with Gasteiger partial charge in [-0.15, -0.1) is 12.4 Å². The number of nitrogens with one attached hydrogen (secondary N) is 2. The van der Waals surface area contributed by atoms with E-state index in [0.717, 1.165) is 18.4 Å². The Balaban J connectivity index is 0.00000280. The molecule has 0 saturated carbocycles. The summed E-state index contributed by atoms with van der Waals surface area (Å²) in [7, 11) is -3.45. The number of hydrogen-bond acceptors (Lipinski definition) is 5. The monoisotopic (exact) mass is 431 g/mol. The molecule has 2 aliphatic heterocycles. The Morgan fingerprint density at radius 1 is 1.29 bits per heavy atom. The smallest absolute Gasteiger partial charge is 0.243 e. The third-order valence-corrected chi connectivity index (χ3v) is 7.13. The molecule has 2 N–H and O–H groups in total. The second kappa shape index (κ2) is 10.0. The summed E-state index contributed by atoms with van der Waals surface area (Å²) in [6.07, 6.45) is 1.81. The zero-order valence-corrected chi connectivity index (χ0v) is 18.0. The zero-order chi connectivity index (χ0) is 19.4. The predicted molar refractivity (Wildman–Crippen MR) is 110 cm³/mol. The van der Waals surface area contributed by atoms with E-state index in [-0.39, 0.29) is 30.5 Å². The fraction of sp³-hybridized carbons (Fsp3) is 0.632. The predicted octanol–water partition coefficient (Wildman–Crippen LogP) is 1.52. The molecule has 0 bridgehead atoms. The summed E-state index contributed by atoms with van der Waals surface area (Å²) in [4.78, 5) is 12.6. The summed E-state index contributed by atoms with van der Waals surface area (Å²) in [5.74, 6) is 0.281. The van der Waals surface area contributed by atoms with Crippen molar-refractivity contribution >= 4 is 28.3 Å². The second-order valence-corrected chi connectivity index (χ2v) is 9.42. The van der Waals surface area contributed by atoms with Gasteiger partial charge in [-0.25, -0.2) is 8.42 Å². The lowest BCUT2D eigenvalue weighted by molar-refractivity contribution is -0.129. The van der Waals surface area contributed by atoms with Crippen LogP contribution in [0.4, 0.5) is 0 Å². The molecule has 0 aromatic heterocycles. The third-order valence-electron chi connectivity index (χ3n) is 5.25. The Kier molecular flexibility index (Phi) is 8.27. The van der Waals surface area contributed by atoms with Gasteiger partial charge in [0, 0.05) is 26.2 Å². The van der Waals surface area contributed by atoms with Crippen LogP contribution in [-0.4, -0.2) is 57.0 Å². The molecule has 2 heterocycles. The largest absolute Gasteiger partial charge is 0.375 e. The normalized spacial score (nSPS) is 26.3. The fourth-order valence-electron chi connectivity index (χ4n) is 3.62. The van der Waals surface area contributed by atoms with E-state index in [1.54, 1.807) is 28.6 Å². The Morgan fingerprint density at radius 2 is 2.00 bits per heavy atom. The molecular weight excluding hydrogens is 402 g/mol. The number of ether oxygens (including phenoxy) is 1. The molecule has 28 heavy (non-hydrogen) atoms. The number of morpholine rings is 1. The highest BCUT2D eigenvalue weighted by Crippen LogP contribution is 2.23. The quantitative estimate of drug-likeness (QED) is 0.738. The van der Waals surface area contributed by atoms with Crippen LogP contribution < -0.4 is 10.6 Å². The topological polar surface area (TPSA) is 87.7 Å². The van der Waals surface area contributed by atoms with E-state index in [0.29, 0.717) is 43.6 Å². The molecule has 7 nitrogen and oxygen atoms in total. The Bertz CT molecular complexity index is 757. The van der Waals surface area contributed by atoms with Crippen LogP contribution in [0.3, 0.4) is 0 Å². The van der Waals surface area contributed by atoms with Gasteiger partial charge in [-0.2, -0.15) is 4.31 Å². The number of amides is 1. The lowest BCUT2D eigenvalue weighted by Gasteiger charge is -2.30. The van der Waals surface area contributed by atoms with E-state index in [1.807, 2.05) is 6.92 Å². The maximum Gasteiger partial charge on any atom is 0.243 e. The van der Waals surface area contributed by atoms with Crippen molar-refractivity contribution in [3.63, 3.8) is 0 Å². The number of halogens is 1. The van der Waals surface area contributed by atoms with Gasteiger partial charge in [0.1, 0.15) is 6.04 Å². The third kappa shape index (κ3) is 5.45. The molecule has 9 heteroatoms. The minimum absolute atomic E-state index is 0. The first kappa shape index (κ1) is 23.1. The van der Waals surface area contributed by atoms with Crippen LogP contribution in [0.15, 0.2) is 29.2 Å². The summed E-state index contributed by atoms with van der Waals surface area (Å²) in [5, 5.41) is 6.04. The molecule has 1 unspecified atom stereocenters. The molecular formula is C19H30ClN3O4S. The minimum atomic E-state index is -3.45. The molecule has 2 saturated heterocycles. The molecule has 1 aromatic carbocycles. The molecule has 0 spiro atoms. The van der Waals surface area contributed by atoms with Crippen molar-refractivity contribution in [2.24, 2.45) is 5.92 Å². The molecule has 3 rings (SSSR count). The molecule has 3 atom stereocenters. The van der Waals surface area contributed by atoms with Crippen LogP contribution in [0.2, 0.25) is 0 Å². The molecule has 158 valence electrons. The van der Waals surface area contributed by atoms with E-state index in [1.165, 1.54) is 0 Å². The molecule has 1 amide bonds. The first-order valence-electron chi connectivity index (χ1n) is 9.59. The van der Waals surface area contributed by atoms with Crippen molar-refractivity contribution in [1.29, 1.82) is 0 Å². The van der Waals surface area contributed by atoms with Gasteiger partial charge in [0.15, 0.2) is 0 Å². The highest BCUT2D eigenvalue weighted by molar-refractivity contribution is 7.89. The van der Waals surface area contributed by atoms with E-state index in [9.17, 15) is 13.2 Å². The van der Waals surface area contributed by atoms with Crippen molar-refractivity contribution in [3.05, 3.63) is 29.8 Å². The molecule has 0 aliphatic carbocycles. The first-order chi connectivity index (χ1) is 12.9. The van der Waals surface area contributed by atoms with Crippen LogP contribution >= 0.6 is 12.4 Å². The average Bonchev–Trinajstić information content (AvgIpc) is 2.67. The Morgan fingerprint density at radius 3 is 2.64 bits per heavy atom. The lowest BCUT2D eigenvalue weighted by Crippen LogP contribution is -2.55. The number of carbonyl (C=O) groups is 1. The second-order valence-electron chi connectivity index (χ2n) is 7.48. The zero-order valence-electron chi connectivity index (χ0n) is 16.4. The summed E-state index contributed by atoms with van der Waals surface area (Å²) in [6.45, 7) is 6.73. The van der Waals surface area contributed by atoms with Crippen molar-refractivity contribution in [1.82, 2.24) is 14.9 Å². The van der Waals surface area contributed by atoms with Gasteiger partial charge in [0.2, 0.25) is 15.9 Å². The summed E-state index contributed by atoms with van der Waals surface area (Å²) >= 11 is 0. The van der Waals surface area contributed by atoms with Crippen LogP contribution in [-0.2, 0) is 26.1 Å². The van der Waals surface area contributed by atoms with E-state index in [2.05, 4.69) is 17.6 Å². The summed E-state index contributed by atoms with van der Waals surface area (Å²) in [5.41, 5.74) is 0.860. The SMILES string of the molecule is CC1CCCN(S(=O)(=O)c2ccc(CNC(=O)[C@H]3NCCO[C@@H]3C)cc2)C1.Cl. The molecule has 2 fully saturated rings. The molecule has 2 aliphatic rings. The summed E-state index contributed by atoms with van der Waals surface area (Å²) < 4.78 is 32.6. The van der Waals surface area contributed by atoms with Crippen molar-refractivity contribution < 1.29 is 17.9 Å². The van der Waals surface area contributed by atoms with Gasteiger partial charge in [-0.05, 0) is 43.4 Å². The lowest BCUT2D eigenvalue weighted by atomic mass is 10.0. The standard InChI is InChI=1S/C19H29N3O4S.ClH/c1-14-4-3-10-22(13-14)27(24,25)17-7-5-16(6-8-17)12-21-19(23)18-15(2)26-11-9-20-18;/h5-8,14-15,18,20H,3-4,9-13H2,1-2H3,(H,21,23);1H/t14?,15-,18+;/m1./s1. The highest BCUT2D eigenvalue weighted by Gasteiger charge is 2.29. The minimum Gasteiger partial charge on any atom is -0.375 e. The van der Waals surface area contributed by atoms with Gasteiger partial charge in [-0.3, -0.25) is 4.79 Å². The van der Waals surface area contributed by atoms with Crippen LogP contribution in [0.5, 0.6) is 0 Å². The van der Waals surface area contributed by atoms with E-state index >= 15 is 0 Å². The maximum atomic E-state index is 12.8.